The summed E-state index contributed by atoms with van der Waals surface area (Å²) in [7, 11) is -1.95. The summed E-state index contributed by atoms with van der Waals surface area (Å²) in [5, 5.41) is 16.5. The Kier molecular flexibility index (Phi) is 6.12. The van der Waals surface area contributed by atoms with Gasteiger partial charge in [-0.15, -0.1) is 0 Å². The first kappa shape index (κ1) is 16.9. The molecule has 0 aliphatic rings. The molecule has 116 valence electrons. The van der Waals surface area contributed by atoms with E-state index in [1.165, 1.54) is 31.3 Å². The molecule has 1 rings (SSSR count). The van der Waals surface area contributed by atoms with E-state index in [1.54, 1.807) is 0 Å². The maximum Gasteiger partial charge on any atom is 0.233 e. The Hall–Kier alpha value is -2.13. The van der Waals surface area contributed by atoms with E-state index in [9.17, 15) is 13.2 Å². The van der Waals surface area contributed by atoms with Crippen LogP contribution in [0.2, 0.25) is 0 Å². The Balaban J connectivity index is 2.64. The molecule has 8 nitrogen and oxygen atoms in total. The van der Waals surface area contributed by atoms with Crippen LogP contribution in [0.15, 0.2) is 34.3 Å². The van der Waals surface area contributed by atoms with E-state index in [0.29, 0.717) is 5.56 Å². The van der Waals surface area contributed by atoms with Crippen molar-refractivity contribution in [2.75, 3.05) is 25.9 Å². The summed E-state index contributed by atoms with van der Waals surface area (Å²) in [6, 6.07) is 5.70. The molecule has 21 heavy (non-hydrogen) atoms. The molecule has 5 N–H and O–H groups in total. The number of rotatable bonds is 7. The molecule has 9 heteroatoms. The predicted molar refractivity (Wildman–Crippen MR) is 77.9 cm³/mol. The number of likely N-dealkylation sites (N-methyl/N-ethyl adjacent to an activating group) is 1. The van der Waals surface area contributed by atoms with Crippen molar-refractivity contribution in [3.8, 4) is 0 Å². The highest BCUT2D eigenvalue weighted by molar-refractivity contribution is 7.91. The molecule has 0 aliphatic carbocycles. The third-order valence-electron chi connectivity index (χ3n) is 2.73. The van der Waals surface area contributed by atoms with Crippen molar-refractivity contribution in [2.45, 2.75) is 4.90 Å². The van der Waals surface area contributed by atoms with Gasteiger partial charge < -0.3 is 21.6 Å². The zero-order valence-corrected chi connectivity index (χ0v) is 12.4. The molecule has 0 fully saturated rings. The van der Waals surface area contributed by atoms with Gasteiger partial charge in [-0.2, -0.15) is 0 Å². The molecule has 0 saturated carbocycles. The number of hydrogen-bond donors (Lipinski definition) is 4. The average molecular weight is 314 g/mol. The minimum Gasteiger partial charge on any atom is -0.409 e. The van der Waals surface area contributed by atoms with Crippen LogP contribution >= 0.6 is 0 Å². The van der Waals surface area contributed by atoms with E-state index in [1.807, 2.05) is 0 Å². The summed E-state index contributed by atoms with van der Waals surface area (Å²) >= 11 is 0. The number of hydrogen-bond acceptors (Lipinski definition) is 6. The van der Waals surface area contributed by atoms with Crippen LogP contribution < -0.4 is 16.4 Å². The second kappa shape index (κ2) is 7.60. The fourth-order valence-electron chi connectivity index (χ4n) is 1.51. The monoisotopic (exact) mass is 314 g/mol. The summed E-state index contributed by atoms with van der Waals surface area (Å²) in [6.07, 6.45) is 0. The number of sulfone groups is 1. The first-order valence-corrected chi connectivity index (χ1v) is 7.78. The Morgan fingerprint density at radius 3 is 2.48 bits per heavy atom. The number of nitrogens with one attached hydrogen (secondary N) is 2. The van der Waals surface area contributed by atoms with Crippen molar-refractivity contribution in [3.05, 3.63) is 29.8 Å². The lowest BCUT2D eigenvalue weighted by atomic mass is 10.2. The first-order valence-electron chi connectivity index (χ1n) is 6.12. The quantitative estimate of drug-likeness (QED) is 0.166. The van der Waals surface area contributed by atoms with E-state index in [0.717, 1.165) is 0 Å². The van der Waals surface area contributed by atoms with Gasteiger partial charge in [-0.05, 0) is 24.3 Å². The predicted octanol–water partition coefficient (Wildman–Crippen LogP) is -1.11. The lowest BCUT2D eigenvalue weighted by Crippen LogP contribution is -2.34. The van der Waals surface area contributed by atoms with Gasteiger partial charge in [0.25, 0.3) is 0 Å². The Morgan fingerprint density at radius 2 is 1.95 bits per heavy atom. The molecule has 0 bridgehead atoms. The van der Waals surface area contributed by atoms with Crippen LogP contribution in [0.25, 0.3) is 0 Å². The molecule has 1 aromatic rings. The molecular weight excluding hydrogens is 296 g/mol. The summed E-state index contributed by atoms with van der Waals surface area (Å²) in [5.74, 6) is -0.436. The van der Waals surface area contributed by atoms with Crippen LogP contribution in [0, 0.1) is 0 Å². The van der Waals surface area contributed by atoms with Gasteiger partial charge in [0.05, 0.1) is 17.2 Å². The van der Waals surface area contributed by atoms with Crippen LogP contribution in [0.3, 0.4) is 0 Å². The molecule has 0 heterocycles. The van der Waals surface area contributed by atoms with E-state index in [2.05, 4.69) is 15.8 Å². The number of nitrogens with two attached hydrogens (primary N) is 1. The summed E-state index contributed by atoms with van der Waals surface area (Å²) in [5.41, 5.74) is 5.82. The molecule has 0 aromatic heterocycles. The number of nitrogens with zero attached hydrogens (tertiary/aromatic N) is 1. The maximum atomic E-state index is 12.0. The SMILES string of the molecule is CNC(=O)CNCCS(=O)(=O)c1ccc(/C(N)=N/O)cc1. The van der Waals surface area contributed by atoms with Crippen LogP contribution in [-0.2, 0) is 14.6 Å². The smallest absolute Gasteiger partial charge is 0.233 e. The number of amides is 1. The van der Waals surface area contributed by atoms with Crippen molar-refractivity contribution in [1.82, 2.24) is 10.6 Å². The van der Waals surface area contributed by atoms with Gasteiger partial charge in [0.15, 0.2) is 15.7 Å². The largest absolute Gasteiger partial charge is 0.409 e. The number of amidine groups is 1. The molecule has 1 aromatic carbocycles. The summed E-state index contributed by atoms with van der Waals surface area (Å²) in [4.78, 5) is 11.1. The van der Waals surface area contributed by atoms with Gasteiger partial charge >= 0.3 is 0 Å². The van der Waals surface area contributed by atoms with Crippen LogP contribution in [0.5, 0.6) is 0 Å². The molecule has 0 spiro atoms. The minimum atomic E-state index is -3.45. The van der Waals surface area contributed by atoms with Crippen molar-refractivity contribution in [1.29, 1.82) is 0 Å². The molecule has 0 unspecified atom stereocenters. The van der Waals surface area contributed by atoms with E-state index in [4.69, 9.17) is 10.9 Å². The number of benzene rings is 1. The zero-order chi connectivity index (χ0) is 15.9. The molecule has 0 saturated heterocycles. The van der Waals surface area contributed by atoms with Crippen LogP contribution in [0.1, 0.15) is 5.56 Å². The van der Waals surface area contributed by atoms with Crippen molar-refractivity contribution < 1.29 is 18.4 Å². The summed E-state index contributed by atoms with van der Waals surface area (Å²) in [6.45, 7) is 0.228. The Morgan fingerprint density at radius 1 is 1.33 bits per heavy atom. The molecule has 1 amide bonds. The molecular formula is C12H18N4O4S. The summed E-state index contributed by atoms with van der Waals surface area (Å²) < 4.78 is 24.1. The van der Waals surface area contributed by atoms with Gasteiger partial charge in [0, 0.05) is 19.2 Å². The zero-order valence-electron chi connectivity index (χ0n) is 11.5. The van der Waals surface area contributed by atoms with Crippen molar-refractivity contribution >= 4 is 21.6 Å². The Bertz CT molecular complexity index is 611. The standard InChI is InChI=1S/C12H18N4O4S/c1-14-11(17)8-15-6-7-21(19,20)10-4-2-9(3-5-10)12(13)16-18/h2-5,15,18H,6-8H2,1H3,(H2,13,16)(H,14,17). The van der Waals surface area contributed by atoms with E-state index in [-0.39, 0.29) is 35.5 Å². The normalized spacial score (nSPS) is 12.1. The highest BCUT2D eigenvalue weighted by Crippen LogP contribution is 2.12. The van der Waals surface area contributed by atoms with Crippen molar-refractivity contribution in [3.63, 3.8) is 0 Å². The average Bonchev–Trinajstić information content (AvgIpc) is 2.50. The van der Waals surface area contributed by atoms with Crippen molar-refractivity contribution in [2.24, 2.45) is 10.9 Å². The van der Waals surface area contributed by atoms with Gasteiger partial charge in [0.2, 0.25) is 5.91 Å². The lowest BCUT2D eigenvalue weighted by Gasteiger charge is -2.07. The minimum absolute atomic E-state index is 0.0639. The Labute approximate surface area is 122 Å². The fourth-order valence-corrected chi connectivity index (χ4v) is 2.70. The second-order valence-electron chi connectivity index (χ2n) is 4.18. The number of oxime groups is 1. The molecule has 0 atom stereocenters. The fraction of sp³-hybridized carbons (Fsp3) is 0.333. The topological polar surface area (TPSA) is 134 Å². The first-order chi connectivity index (χ1) is 9.90. The number of carbonyl (C=O) groups excluding carboxylic acids is 1. The van der Waals surface area contributed by atoms with Gasteiger partial charge in [0.1, 0.15) is 0 Å². The maximum absolute atomic E-state index is 12.0. The third kappa shape index (κ3) is 5.04. The highest BCUT2D eigenvalue weighted by atomic mass is 32.2. The number of carbonyl (C=O) groups is 1. The lowest BCUT2D eigenvalue weighted by molar-refractivity contribution is -0.119. The third-order valence-corrected chi connectivity index (χ3v) is 4.46. The second-order valence-corrected chi connectivity index (χ2v) is 6.29. The van der Waals surface area contributed by atoms with Crippen LogP contribution in [0.4, 0.5) is 0 Å². The van der Waals surface area contributed by atoms with E-state index < -0.39 is 9.84 Å². The van der Waals surface area contributed by atoms with Gasteiger partial charge in [-0.1, -0.05) is 5.16 Å². The highest BCUT2D eigenvalue weighted by Gasteiger charge is 2.14. The van der Waals surface area contributed by atoms with E-state index >= 15 is 0 Å². The molecule has 0 aliphatic heterocycles. The van der Waals surface area contributed by atoms with Gasteiger partial charge in [-0.25, -0.2) is 8.42 Å². The van der Waals surface area contributed by atoms with Gasteiger partial charge in [-0.3, -0.25) is 4.79 Å². The van der Waals surface area contributed by atoms with Crippen LogP contribution in [-0.4, -0.2) is 51.3 Å². The molecule has 0 radical (unpaired) electrons.